The Morgan fingerprint density at radius 1 is 1.29 bits per heavy atom. The fourth-order valence-corrected chi connectivity index (χ4v) is 5.25. The first-order valence-electron chi connectivity index (χ1n) is 7.70. The summed E-state index contributed by atoms with van der Waals surface area (Å²) < 4.78 is 6.32. The van der Waals surface area contributed by atoms with Crippen LogP contribution in [0.25, 0.3) is 20.3 Å². The number of nitrogens with zero attached hydrogens (tertiary/aromatic N) is 2. The van der Waals surface area contributed by atoms with Crippen molar-refractivity contribution < 1.29 is 14.5 Å². The Hall–Kier alpha value is -2.46. The molecular formula is C17H9Cl2N3O4S2. The van der Waals surface area contributed by atoms with E-state index in [9.17, 15) is 14.9 Å². The second-order valence-corrected chi connectivity index (χ2v) is 8.42. The van der Waals surface area contributed by atoms with Crippen molar-refractivity contribution in [3.8, 4) is 5.75 Å². The quantitative estimate of drug-likeness (QED) is 0.302. The number of methoxy groups -OCH3 is 1. The number of nitrogens with one attached hydrogen (secondary N) is 1. The molecule has 1 amide bonds. The normalized spacial score (nSPS) is 11.1. The molecule has 7 nitrogen and oxygen atoms in total. The standard InChI is InChI=1S/C17H9Cl2N3O4S2/c1-26-11-6-12-9(5-8(11)18)20-17(27-12)21-16(23)15-13(19)7-3-2-4-10(22(24)25)14(7)28-15/h2-6H,1H3,(H,20,21,23). The summed E-state index contributed by atoms with van der Waals surface area (Å²) in [6.45, 7) is 0. The molecule has 142 valence electrons. The van der Waals surface area contributed by atoms with Crippen LogP contribution < -0.4 is 10.1 Å². The average molecular weight is 454 g/mol. The number of non-ortho nitro benzene ring substituents is 1. The van der Waals surface area contributed by atoms with Gasteiger partial charge in [0.15, 0.2) is 5.13 Å². The molecular weight excluding hydrogens is 445 g/mol. The highest BCUT2D eigenvalue weighted by Gasteiger charge is 2.23. The number of aromatic nitrogens is 1. The lowest BCUT2D eigenvalue weighted by molar-refractivity contribution is -0.382. The van der Waals surface area contributed by atoms with Gasteiger partial charge in [0.25, 0.3) is 11.6 Å². The molecule has 0 atom stereocenters. The fourth-order valence-electron chi connectivity index (χ4n) is 2.66. The van der Waals surface area contributed by atoms with Crippen LogP contribution in [0.5, 0.6) is 5.75 Å². The molecule has 0 bridgehead atoms. The minimum absolute atomic E-state index is 0.0924. The minimum atomic E-state index is -0.498. The van der Waals surface area contributed by atoms with Crippen molar-refractivity contribution in [3.05, 3.63) is 55.4 Å². The van der Waals surface area contributed by atoms with Gasteiger partial charge in [-0.05, 0) is 6.07 Å². The van der Waals surface area contributed by atoms with Crippen molar-refractivity contribution in [2.45, 2.75) is 0 Å². The van der Waals surface area contributed by atoms with E-state index in [1.807, 2.05) is 0 Å². The molecule has 0 saturated heterocycles. The molecule has 0 aliphatic rings. The predicted octanol–water partition coefficient (Wildman–Crippen LogP) is 5.99. The van der Waals surface area contributed by atoms with Crippen LogP contribution in [-0.2, 0) is 0 Å². The van der Waals surface area contributed by atoms with Gasteiger partial charge in [-0.1, -0.05) is 46.7 Å². The number of nitro groups is 1. The lowest BCUT2D eigenvalue weighted by atomic mass is 10.2. The van der Waals surface area contributed by atoms with Gasteiger partial charge in [0.2, 0.25) is 0 Å². The molecule has 0 saturated carbocycles. The number of carbonyl (C=O) groups is 1. The maximum Gasteiger partial charge on any atom is 0.287 e. The number of amides is 1. The number of carbonyl (C=O) groups excluding carboxylic acids is 1. The molecule has 4 rings (SSSR count). The Labute approximate surface area is 175 Å². The smallest absolute Gasteiger partial charge is 0.287 e. The van der Waals surface area contributed by atoms with Crippen LogP contribution in [0, 0.1) is 10.1 Å². The van der Waals surface area contributed by atoms with Gasteiger partial charge in [0, 0.05) is 17.5 Å². The fraction of sp³-hybridized carbons (Fsp3) is 0.0588. The van der Waals surface area contributed by atoms with Gasteiger partial charge in [-0.25, -0.2) is 4.98 Å². The summed E-state index contributed by atoms with van der Waals surface area (Å²) in [4.78, 5) is 28.0. The van der Waals surface area contributed by atoms with Crippen molar-refractivity contribution in [1.82, 2.24) is 4.98 Å². The molecule has 0 fully saturated rings. The SMILES string of the molecule is COc1cc2sc(NC(=O)c3sc4c([N+](=O)[O-])cccc4c3Cl)nc2cc1Cl. The van der Waals surface area contributed by atoms with Crippen LogP contribution in [0.15, 0.2) is 30.3 Å². The molecule has 2 heterocycles. The minimum Gasteiger partial charge on any atom is -0.495 e. The number of benzene rings is 2. The van der Waals surface area contributed by atoms with Gasteiger partial charge >= 0.3 is 0 Å². The van der Waals surface area contributed by atoms with Crippen molar-refractivity contribution in [3.63, 3.8) is 0 Å². The van der Waals surface area contributed by atoms with Gasteiger partial charge in [0.05, 0.1) is 32.3 Å². The van der Waals surface area contributed by atoms with E-state index in [0.717, 1.165) is 16.0 Å². The Balaban J connectivity index is 1.71. The van der Waals surface area contributed by atoms with E-state index < -0.39 is 10.8 Å². The number of hydrogen-bond donors (Lipinski definition) is 1. The summed E-state index contributed by atoms with van der Waals surface area (Å²) in [7, 11) is 1.51. The zero-order valence-electron chi connectivity index (χ0n) is 14.0. The highest BCUT2D eigenvalue weighted by atomic mass is 35.5. The van der Waals surface area contributed by atoms with E-state index in [-0.39, 0.29) is 15.6 Å². The van der Waals surface area contributed by atoms with Crippen LogP contribution in [0.3, 0.4) is 0 Å². The first-order chi connectivity index (χ1) is 13.4. The van der Waals surface area contributed by atoms with E-state index in [1.165, 1.54) is 30.6 Å². The predicted molar refractivity (Wildman–Crippen MR) is 113 cm³/mol. The molecule has 0 spiro atoms. The molecule has 0 aliphatic heterocycles. The number of hydrogen-bond acceptors (Lipinski definition) is 7. The second kappa shape index (κ2) is 7.17. The van der Waals surface area contributed by atoms with Gasteiger partial charge in [-0.15, -0.1) is 11.3 Å². The Bertz CT molecular complexity index is 1270. The van der Waals surface area contributed by atoms with Crippen molar-refractivity contribution in [2.24, 2.45) is 0 Å². The molecule has 28 heavy (non-hydrogen) atoms. The molecule has 4 aromatic rings. The van der Waals surface area contributed by atoms with Crippen molar-refractivity contribution in [2.75, 3.05) is 12.4 Å². The van der Waals surface area contributed by atoms with E-state index >= 15 is 0 Å². The van der Waals surface area contributed by atoms with Crippen LogP contribution >= 0.6 is 45.9 Å². The third-order valence-corrected chi connectivity index (χ3v) is 6.88. The molecule has 0 unspecified atom stereocenters. The summed E-state index contributed by atoms with van der Waals surface area (Å²) >= 11 is 14.6. The average Bonchev–Trinajstić information content (AvgIpc) is 3.20. The van der Waals surface area contributed by atoms with Crippen molar-refractivity contribution >= 4 is 82.9 Å². The number of nitro benzene ring substituents is 1. The molecule has 2 aromatic heterocycles. The number of thiazole rings is 1. The van der Waals surface area contributed by atoms with Crippen molar-refractivity contribution in [1.29, 1.82) is 0 Å². The number of thiophene rings is 1. The summed E-state index contributed by atoms with van der Waals surface area (Å²) in [6, 6.07) is 7.94. The largest absolute Gasteiger partial charge is 0.495 e. The second-order valence-electron chi connectivity index (χ2n) is 5.58. The number of rotatable bonds is 4. The molecule has 0 aliphatic carbocycles. The lowest BCUT2D eigenvalue weighted by Gasteiger charge is -2.00. The molecule has 1 N–H and O–H groups in total. The first kappa shape index (κ1) is 18.9. The topological polar surface area (TPSA) is 94.4 Å². The Kier molecular flexibility index (Phi) is 4.84. The summed E-state index contributed by atoms with van der Waals surface area (Å²) in [5.41, 5.74) is 0.523. The molecule has 11 heteroatoms. The summed E-state index contributed by atoms with van der Waals surface area (Å²) in [6.07, 6.45) is 0. The monoisotopic (exact) mass is 453 g/mol. The maximum absolute atomic E-state index is 12.7. The first-order valence-corrected chi connectivity index (χ1v) is 10.1. The van der Waals surface area contributed by atoms with Crippen LogP contribution in [0.1, 0.15) is 9.67 Å². The third-order valence-electron chi connectivity index (χ3n) is 3.92. The van der Waals surface area contributed by atoms with Crippen LogP contribution in [-0.4, -0.2) is 22.9 Å². The van der Waals surface area contributed by atoms with Gasteiger partial charge in [-0.3, -0.25) is 20.2 Å². The van der Waals surface area contributed by atoms with Crippen LogP contribution in [0.4, 0.5) is 10.8 Å². The zero-order chi connectivity index (χ0) is 20.0. The van der Waals surface area contributed by atoms with Gasteiger partial charge in [-0.2, -0.15) is 0 Å². The third kappa shape index (κ3) is 3.16. The number of anilines is 1. The molecule has 0 radical (unpaired) electrons. The Morgan fingerprint density at radius 2 is 2.07 bits per heavy atom. The van der Waals surface area contributed by atoms with E-state index in [2.05, 4.69) is 10.3 Å². The summed E-state index contributed by atoms with van der Waals surface area (Å²) in [5, 5.41) is 15.3. The summed E-state index contributed by atoms with van der Waals surface area (Å²) in [5.74, 6) is 0.0215. The maximum atomic E-state index is 12.7. The van der Waals surface area contributed by atoms with E-state index in [1.54, 1.807) is 18.2 Å². The Morgan fingerprint density at radius 3 is 2.79 bits per heavy atom. The molecule has 2 aromatic carbocycles. The number of fused-ring (bicyclic) bond motifs is 2. The van der Waals surface area contributed by atoms with Gasteiger partial charge in [0.1, 0.15) is 15.3 Å². The van der Waals surface area contributed by atoms with Crippen LogP contribution in [0.2, 0.25) is 10.0 Å². The zero-order valence-corrected chi connectivity index (χ0v) is 17.1. The highest BCUT2D eigenvalue weighted by molar-refractivity contribution is 7.23. The number of ether oxygens (including phenoxy) is 1. The van der Waals surface area contributed by atoms with E-state index in [4.69, 9.17) is 27.9 Å². The number of halogens is 2. The lowest BCUT2D eigenvalue weighted by Crippen LogP contribution is -2.10. The van der Waals surface area contributed by atoms with E-state index in [0.29, 0.717) is 31.5 Å². The highest BCUT2D eigenvalue weighted by Crippen LogP contribution is 2.41. The van der Waals surface area contributed by atoms with Gasteiger partial charge < -0.3 is 4.74 Å².